The molecule has 264 valence electrons. The Morgan fingerprint density at radius 1 is 0.918 bits per heavy atom. The molecule has 0 saturated carbocycles. The number of carbonyl (C=O) groups excluding carboxylic acids is 5. The fraction of sp³-hybridized carbons (Fsp3) is 0.500. The summed E-state index contributed by atoms with van der Waals surface area (Å²) >= 11 is 1.24. The zero-order chi connectivity index (χ0) is 35.7. The summed E-state index contributed by atoms with van der Waals surface area (Å²) < 4.78 is 1.81. The maximum absolute atomic E-state index is 13.7. The molecular weight excluding hydrogens is 646 g/mol. The van der Waals surface area contributed by atoms with Gasteiger partial charge in [-0.3, -0.25) is 33.6 Å². The summed E-state index contributed by atoms with van der Waals surface area (Å²) in [5.41, 5.74) is 1.87. The molecule has 14 nitrogen and oxygen atoms in total. The van der Waals surface area contributed by atoms with Crippen molar-refractivity contribution in [3.8, 4) is 0 Å². The number of hydrogen-bond donors (Lipinski definition) is 4. The van der Waals surface area contributed by atoms with E-state index in [0.29, 0.717) is 31.1 Å². The fourth-order valence-corrected chi connectivity index (χ4v) is 6.25. The molecule has 4 N–H and O–H groups in total. The minimum Gasteiger partial charge on any atom is -0.345 e. The summed E-state index contributed by atoms with van der Waals surface area (Å²) in [7, 11) is 1.65. The first kappa shape index (κ1) is 37.2. The molecule has 2 bridgehead atoms. The molecule has 0 fully saturated rings. The van der Waals surface area contributed by atoms with Gasteiger partial charge in [-0.15, -0.1) is 11.3 Å². The highest BCUT2D eigenvalue weighted by atomic mass is 32.1. The van der Waals surface area contributed by atoms with E-state index in [4.69, 9.17) is 0 Å². The molecule has 49 heavy (non-hydrogen) atoms. The quantitative estimate of drug-likeness (QED) is 0.301. The molecule has 4 atom stereocenters. The second kappa shape index (κ2) is 17.2. The van der Waals surface area contributed by atoms with E-state index in [1.165, 1.54) is 23.2 Å². The third kappa shape index (κ3) is 10.4. The molecular formula is C34H47N9O5S. The third-order valence-electron chi connectivity index (χ3n) is 8.29. The molecule has 0 spiro atoms. The van der Waals surface area contributed by atoms with E-state index in [1.807, 2.05) is 59.1 Å². The van der Waals surface area contributed by atoms with Crippen LogP contribution in [0.1, 0.15) is 67.4 Å². The van der Waals surface area contributed by atoms with E-state index in [1.54, 1.807) is 33.2 Å². The Morgan fingerprint density at radius 3 is 2.33 bits per heavy atom. The average Bonchev–Trinajstić information content (AvgIpc) is 3.75. The Labute approximate surface area is 291 Å². The highest BCUT2D eigenvalue weighted by molar-refractivity contribution is 7.09. The number of thiazole rings is 1. The minimum atomic E-state index is -0.986. The number of amides is 5. The summed E-state index contributed by atoms with van der Waals surface area (Å²) in [5, 5.41) is 17.9. The molecule has 3 heterocycles. The van der Waals surface area contributed by atoms with Crippen molar-refractivity contribution in [2.75, 3.05) is 26.7 Å². The fourth-order valence-electron chi connectivity index (χ4n) is 5.40. The molecule has 15 heteroatoms. The molecule has 0 radical (unpaired) electrons. The van der Waals surface area contributed by atoms with Gasteiger partial charge in [0.05, 0.1) is 18.3 Å². The molecule has 2 aromatic heterocycles. The number of likely N-dealkylation sites (N-methyl/N-ethyl adjacent to an activating group) is 1. The van der Waals surface area contributed by atoms with Crippen LogP contribution in [0.5, 0.6) is 0 Å². The van der Waals surface area contributed by atoms with Crippen LogP contribution >= 0.6 is 11.3 Å². The number of benzene rings is 1. The maximum Gasteiger partial charge on any atom is 0.271 e. The smallest absolute Gasteiger partial charge is 0.271 e. The number of carbonyl (C=O) groups is 5. The molecule has 0 unspecified atom stereocenters. The van der Waals surface area contributed by atoms with Gasteiger partial charge >= 0.3 is 0 Å². The molecule has 0 aliphatic carbocycles. The van der Waals surface area contributed by atoms with E-state index in [-0.39, 0.29) is 36.5 Å². The average molecular weight is 694 g/mol. The highest BCUT2D eigenvalue weighted by Crippen LogP contribution is 2.23. The van der Waals surface area contributed by atoms with Crippen LogP contribution < -0.4 is 21.3 Å². The summed E-state index contributed by atoms with van der Waals surface area (Å²) in [6.45, 7) is 10.4. The molecule has 4 rings (SSSR count). The lowest BCUT2D eigenvalue weighted by atomic mass is 10.0. The first-order valence-electron chi connectivity index (χ1n) is 16.5. The van der Waals surface area contributed by atoms with Crippen molar-refractivity contribution in [2.45, 2.75) is 78.3 Å². The first-order chi connectivity index (χ1) is 23.3. The highest BCUT2D eigenvalue weighted by Gasteiger charge is 2.31. The van der Waals surface area contributed by atoms with Crippen LogP contribution in [0.3, 0.4) is 0 Å². The SMILES string of the molecule is CCn1ccc(CN2CCN(C)C(=O)[C@@H](C)NC(=O)[C@H](C(C)C)NC(=O)[C@H](C)NC(=O)c3csc(n3)[C@H](Cc3ccccc3)NC(=O)C2)n1. The molecule has 1 aliphatic rings. The topological polar surface area (TPSA) is 171 Å². The van der Waals surface area contributed by atoms with Crippen molar-refractivity contribution in [3.05, 3.63) is 69.9 Å². The van der Waals surface area contributed by atoms with Crippen LogP contribution in [0, 0.1) is 5.92 Å². The first-order valence-corrected chi connectivity index (χ1v) is 17.4. The summed E-state index contributed by atoms with van der Waals surface area (Å²) in [6, 6.07) is 8.23. The zero-order valence-corrected chi connectivity index (χ0v) is 29.8. The number of fused-ring (bicyclic) bond motifs is 2. The monoisotopic (exact) mass is 693 g/mol. The van der Waals surface area contributed by atoms with Crippen LogP contribution in [0.4, 0.5) is 0 Å². The van der Waals surface area contributed by atoms with Gasteiger partial charge in [-0.1, -0.05) is 44.2 Å². The van der Waals surface area contributed by atoms with Gasteiger partial charge < -0.3 is 26.2 Å². The summed E-state index contributed by atoms with van der Waals surface area (Å²) in [4.78, 5) is 74.6. The number of nitrogens with zero attached hydrogens (tertiary/aromatic N) is 5. The minimum absolute atomic E-state index is 0.0126. The third-order valence-corrected chi connectivity index (χ3v) is 9.25. The van der Waals surface area contributed by atoms with Crippen molar-refractivity contribution in [1.29, 1.82) is 0 Å². The van der Waals surface area contributed by atoms with Gasteiger partial charge in [0, 0.05) is 44.8 Å². The van der Waals surface area contributed by atoms with E-state index >= 15 is 0 Å². The predicted octanol–water partition coefficient (Wildman–Crippen LogP) is 1.50. The standard InChI is InChI=1S/C34H47N9O5S/c1-7-43-14-13-25(40-43)18-42-16-15-41(6)34(48)23(5)36-32(47)29(21(2)3)39-30(45)22(4)35-31(46)27-20-49-33(38-27)26(37-28(44)19-42)17-24-11-9-8-10-12-24/h8-14,20-23,26,29H,7,15-19H2,1-6H3,(H,35,46)(H,36,47)(H,37,44)(H,39,45)/t22-,23+,26-,29-/m0/s1. The molecule has 1 aromatic carbocycles. The summed E-state index contributed by atoms with van der Waals surface area (Å²) in [5.74, 6) is -2.52. The number of aromatic nitrogens is 3. The van der Waals surface area contributed by atoms with Gasteiger partial charge in [0.2, 0.25) is 23.6 Å². The predicted molar refractivity (Wildman–Crippen MR) is 185 cm³/mol. The number of nitrogens with one attached hydrogen (secondary N) is 4. The Kier molecular flexibility index (Phi) is 13.0. The van der Waals surface area contributed by atoms with Crippen molar-refractivity contribution in [2.24, 2.45) is 5.92 Å². The Bertz CT molecular complexity index is 1610. The lowest BCUT2D eigenvalue weighted by molar-refractivity contribution is -0.136. The number of hydrogen-bond acceptors (Lipinski definition) is 9. The van der Waals surface area contributed by atoms with Crippen LogP contribution in [0.2, 0.25) is 0 Å². The van der Waals surface area contributed by atoms with Crippen molar-refractivity contribution >= 4 is 40.9 Å². The van der Waals surface area contributed by atoms with Gasteiger partial charge in [-0.2, -0.15) is 5.10 Å². The van der Waals surface area contributed by atoms with Crippen LogP contribution in [-0.2, 0) is 38.7 Å². The Hall–Kier alpha value is -4.63. The maximum atomic E-state index is 13.7. The number of rotatable bonds is 6. The Balaban J connectivity index is 1.65. The summed E-state index contributed by atoms with van der Waals surface area (Å²) in [6.07, 6.45) is 2.32. The van der Waals surface area contributed by atoms with Crippen LogP contribution in [-0.4, -0.2) is 98.9 Å². The molecule has 0 saturated heterocycles. The second-order valence-electron chi connectivity index (χ2n) is 12.7. The van der Waals surface area contributed by atoms with Gasteiger partial charge in [0.25, 0.3) is 5.91 Å². The molecule has 3 aromatic rings. The lowest BCUT2D eigenvalue weighted by Gasteiger charge is -2.28. The van der Waals surface area contributed by atoms with E-state index in [0.717, 1.165) is 11.3 Å². The lowest BCUT2D eigenvalue weighted by Crippen LogP contribution is -2.57. The number of aryl methyl sites for hydroxylation is 1. The van der Waals surface area contributed by atoms with Crippen LogP contribution in [0.15, 0.2) is 48.0 Å². The van der Waals surface area contributed by atoms with Crippen molar-refractivity contribution in [3.63, 3.8) is 0 Å². The van der Waals surface area contributed by atoms with Gasteiger partial charge in [-0.25, -0.2) is 4.98 Å². The normalized spacial score (nSPS) is 22.6. The van der Waals surface area contributed by atoms with Gasteiger partial charge in [-0.05, 0) is 44.7 Å². The van der Waals surface area contributed by atoms with Gasteiger partial charge in [0.15, 0.2) is 0 Å². The van der Waals surface area contributed by atoms with E-state index in [2.05, 4.69) is 31.3 Å². The Morgan fingerprint density at radius 2 is 1.65 bits per heavy atom. The largest absolute Gasteiger partial charge is 0.345 e. The van der Waals surface area contributed by atoms with Crippen LogP contribution in [0.25, 0.3) is 0 Å². The second-order valence-corrected chi connectivity index (χ2v) is 13.6. The van der Waals surface area contributed by atoms with E-state index in [9.17, 15) is 24.0 Å². The van der Waals surface area contributed by atoms with Crippen molar-refractivity contribution in [1.82, 2.24) is 45.8 Å². The van der Waals surface area contributed by atoms with E-state index < -0.39 is 41.9 Å². The zero-order valence-electron chi connectivity index (χ0n) is 28.9. The van der Waals surface area contributed by atoms with Crippen molar-refractivity contribution < 1.29 is 24.0 Å². The van der Waals surface area contributed by atoms with Gasteiger partial charge in [0.1, 0.15) is 28.8 Å². The molecule has 5 amide bonds. The molecule has 1 aliphatic heterocycles.